The Hall–Kier alpha value is -1.79. The summed E-state index contributed by atoms with van der Waals surface area (Å²) in [4.78, 5) is 12.5. The van der Waals surface area contributed by atoms with Gasteiger partial charge in [0.05, 0.1) is 12.1 Å². The van der Waals surface area contributed by atoms with E-state index in [4.69, 9.17) is 4.43 Å². The Labute approximate surface area is 157 Å². The number of phenols is 1. The summed E-state index contributed by atoms with van der Waals surface area (Å²) in [7, 11) is -1.29. The Morgan fingerprint density at radius 2 is 2.00 bits per heavy atom. The third kappa shape index (κ3) is 3.16. The van der Waals surface area contributed by atoms with Crippen LogP contribution in [0.1, 0.15) is 44.2 Å². The monoisotopic (exact) mass is 374 g/mol. The third-order valence-electron chi connectivity index (χ3n) is 5.85. The molecule has 2 N–H and O–H groups in total. The standard InChI is InChI=1S/C20H30N2O3Si/c1-12(2)20(3,4)18(25-26(5)6)17-11-21-19(24)16-10-13-9-14(23)7-8-15(13)22(16)17/h7-10,12,17-18,23,26H,11H2,1-6H3,(H,21,24)/t17-,18?/m0/s1. The van der Waals surface area contributed by atoms with Crippen LogP contribution in [0, 0.1) is 11.3 Å². The molecule has 0 aliphatic carbocycles. The van der Waals surface area contributed by atoms with Crippen LogP contribution in [0.5, 0.6) is 5.75 Å². The number of carbonyl (C=O) groups excluding carboxylic acids is 1. The molecule has 0 radical (unpaired) electrons. The quantitative estimate of drug-likeness (QED) is 0.785. The number of hydrogen-bond donors (Lipinski definition) is 2. The summed E-state index contributed by atoms with van der Waals surface area (Å²) in [5.41, 5.74) is 1.56. The van der Waals surface area contributed by atoms with Gasteiger partial charge in [0, 0.05) is 17.4 Å². The van der Waals surface area contributed by atoms with E-state index in [0.29, 0.717) is 18.2 Å². The predicted octanol–water partition coefficient (Wildman–Crippen LogP) is 3.68. The van der Waals surface area contributed by atoms with Crippen LogP contribution in [-0.2, 0) is 4.43 Å². The number of benzene rings is 1. The summed E-state index contributed by atoms with van der Waals surface area (Å²) in [5.74, 6) is 0.578. The van der Waals surface area contributed by atoms with Crippen LogP contribution >= 0.6 is 0 Å². The van der Waals surface area contributed by atoms with Gasteiger partial charge in [-0.05, 0) is 48.7 Å². The van der Waals surface area contributed by atoms with E-state index in [1.807, 2.05) is 12.1 Å². The van der Waals surface area contributed by atoms with Gasteiger partial charge in [0.15, 0.2) is 9.04 Å². The number of hydrogen-bond acceptors (Lipinski definition) is 3. The number of carbonyl (C=O) groups is 1. The minimum Gasteiger partial charge on any atom is -0.508 e. The van der Waals surface area contributed by atoms with Gasteiger partial charge in [-0.25, -0.2) is 0 Å². The molecule has 2 atom stereocenters. The van der Waals surface area contributed by atoms with Crippen molar-refractivity contribution in [1.29, 1.82) is 0 Å². The molecule has 5 nitrogen and oxygen atoms in total. The van der Waals surface area contributed by atoms with E-state index in [-0.39, 0.29) is 29.2 Å². The van der Waals surface area contributed by atoms with Gasteiger partial charge in [0.25, 0.3) is 5.91 Å². The molecule has 0 saturated carbocycles. The molecular formula is C20H30N2O3Si. The third-order valence-corrected chi connectivity index (χ3v) is 6.69. The molecule has 2 heterocycles. The van der Waals surface area contributed by atoms with Crippen molar-refractivity contribution in [2.24, 2.45) is 11.3 Å². The molecule has 0 saturated heterocycles. The average molecular weight is 375 g/mol. The fourth-order valence-electron chi connectivity index (χ4n) is 3.76. The van der Waals surface area contributed by atoms with E-state index < -0.39 is 9.04 Å². The van der Waals surface area contributed by atoms with Gasteiger partial charge in [-0.1, -0.05) is 27.7 Å². The molecule has 26 heavy (non-hydrogen) atoms. The topological polar surface area (TPSA) is 63.5 Å². The van der Waals surface area contributed by atoms with Gasteiger partial charge in [0.2, 0.25) is 0 Å². The zero-order chi connectivity index (χ0) is 19.2. The lowest BCUT2D eigenvalue weighted by Gasteiger charge is -2.45. The summed E-state index contributed by atoms with van der Waals surface area (Å²) in [5, 5.41) is 13.7. The number of aromatic nitrogens is 1. The van der Waals surface area contributed by atoms with Crippen molar-refractivity contribution < 1.29 is 14.3 Å². The van der Waals surface area contributed by atoms with Crippen molar-refractivity contribution in [1.82, 2.24) is 9.88 Å². The molecule has 1 amide bonds. The first kappa shape index (κ1) is 19.0. The van der Waals surface area contributed by atoms with Gasteiger partial charge in [-0.3, -0.25) is 4.79 Å². The Kier molecular flexibility index (Phi) is 4.92. The molecule has 0 spiro atoms. The molecule has 1 aliphatic rings. The predicted molar refractivity (Wildman–Crippen MR) is 107 cm³/mol. The Balaban J connectivity index is 2.17. The maximum Gasteiger partial charge on any atom is 0.268 e. The van der Waals surface area contributed by atoms with Crippen molar-refractivity contribution in [3.63, 3.8) is 0 Å². The second kappa shape index (κ2) is 6.74. The molecule has 1 aliphatic heterocycles. The Morgan fingerprint density at radius 1 is 1.31 bits per heavy atom. The van der Waals surface area contributed by atoms with Crippen LogP contribution in [0.2, 0.25) is 13.1 Å². The molecular weight excluding hydrogens is 344 g/mol. The number of rotatable bonds is 5. The number of aromatic hydroxyl groups is 1. The van der Waals surface area contributed by atoms with Crippen LogP contribution in [0.15, 0.2) is 24.3 Å². The first-order valence-corrected chi connectivity index (χ1v) is 12.2. The molecule has 2 aromatic rings. The highest BCUT2D eigenvalue weighted by Gasteiger charge is 2.43. The minimum atomic E-state index is -1.29. The fourth-order valence-corrected chi connectivity index (χ4v) is 4.88. The van der Waals surface area contributed by atoms with Crippen LogP contribution in [-0.4, -0.2) is 37.3 Å². The summed E-state index contributed by atoms with van der Waals surface area (Å²) < 4.78 is 8.69. The van der Waals surface area contributed by atoms with Crippen LogP contribution in [0.4, 0.5) is 0 Å². The van der Waals surface area contributed by atoms with E-state index in [1.54, 1.807) is 12.1 Å². The van der Waals surface area contributed by atoms with Gasteiger partial charge in [-0.2, -0.15) is 0 Å². The fraction of sp³-hybridized carbons (Fsp3) is 0.550. The Bertz CT molecular complexity index is 826. The van der Waals surface area contributed by atoms with E-state index in [1.165, 1.54) is 0 Å². The first-order chi connectivity index (χ1) is 12.1. The zero-order valence-corrected chi connectivity index (χ0v) is 17.7. The highest BCUT2D eigenvalue weighted by Crippen LogP contribution is 2.41. The van der Waals surface area contributed by atoms with Crippen LogP contribution in [0.25, 0.3) is 10.9 Å². The molecule has 0 fully saturated rings. The summed E-state index contributed by atoms with van der Waals surface area (Å²) in [6.07, 6.45) is -0.00193. The van der Waals surface area contributed by atoms with E-state index in [9.17, 15) is 9.90 Å². The molecule has 1 aromatic carbocycles. The van der Waals surface area contributed by atoms with Crippen molar-refractivity contribution in [3.05, 3.63) is 30.0 Å². The van der Waals surface area contributed by atoms with Crippen molar-refractivity contribution in [2.45, 2.75) is 52.9 Å². The summed E-state index contributed by atoms with van der Waals surface area (Å²) >= 11 is 0. The van der Waals surface area contributed by atoms with Gasteiger partial charge >= 0.3 is 0 Å². The molecule has 6 heteroatoms. The number of nitrogens with one attached hydrogen (secondary N) is 1. The number of fused-ring (bicyclic) bond motifs is 3. The number of nitrogens with zero attached hydrogens (tertiary/aromatic N) is 1. The lowest BCUT2D eigenvalue weighted by atomic mass is 9.73. The number of amides is 1. The highest BCUT2D eigenvalue weighted by molar-refractivity contribution is 6.48. The maximum absolute atomic E-state index is 12.5. The minimum absolute atomic E-state index is 0.00193. The Morgan fingerprint density at radius 3 is 2.62 bits per heavy atom. The van der Waals surface area contributed by atoms with Gasteiger partial charge in [-0.15, -0.1) is 0 Å². The second-order valence-electron chi connectivity index (χ2n) is 8.50. The van der Waals surface area contributed by atoms with Crippen LogP contribution < -0.4 is 5.32 Å². The lowest BCUT2D eigenvalue weighted by molar-refractivity contribution is -0.00399. The summed E-state index contributed by atoms with van der Waals surface area (Å²) in [6, 6.07) is 7.18. The van der Waals surface area contributed by atoms with Crippen molar-refractivity contribution in [3.8, 4) is 5.75 Å². The average Bonchev–Trinajstić information content (AvgIpc) is 2.92. The van der Waals surface area contributed by atoms with Crippen LogP contribution in [0.3, 0.4) is 0 Å². The lowest BCUT2D eigenvalue weighted by Crippen LogP contribution is -2.51. The van der Waals surface area contributed by atoms with Gasteiger partial charge < -0.3 is 19.4 Å². The van der Waals surface area contributed by atoms with Gasteiger partial charge in [0.1, 0.15) is 11.4 Å². The second-order valence-corrected chi connectivity index (χ2v) is 10.9. The molecule has 0 bridgehead atoms. The smallest absolute Gasteiger partial charge is 0.268 e. The van der Waals surface area contributed by atoms with E-state index in [2.05, 4.69) is 50.7 Å². The first-order valence-electron chi connectivity index (χ1n) is 9.40. The SMILES string of the molecule is CC(C)C(C)(C)C(O[SiH](C)C)[C@@H]1CNC(=O)c2cc3cc(O)ccc3n21. The largest absolute Gasteiger partial charge is 0.508 e. The molecule has 142 valence electrons. The number of phenolic OH excluding ortho intramolecular Hbond substituents is 1. The molecule has 1 unspecified atom stereocenters. The highest BCUT2D eigenvalue weighted by atomic mass is 28.3. The molecule has 1 aromatic heterocycles. The van der Waals surface area contributed by atoms with Crippen molar-refractivity contribution in [2.75, 3.05) is 6.54 Å². The maximum atomic E-state index is 12.5. The molecule has 3 rings (SSSR count). The zero-order valence-electron chi connectivity index (χ0n) is 16.5. The summed E-state index contributed by atoms with van der Waals surface area (Å²) in [6.45, 7) is 13.9. The normalized spacial score (nSPS) is 19.1. The van der Waals surface area contributed by atoms with Crippen molar-refractivity contribution >= 4 is 25.9 Å². The van der Waals surface area contributed by atoms with E-state index in [0.717, 1.165) is 10.9 Å². The van der Waals surface area contributed by atoms with E-state index >= 15 is 0 Å².